The number of carbonyl (C=O) groups is 1. The Morgan fingerprint density at radius 3 is 2.80 bits per heavy atom. The molecule has 4 nitrogen and oxygen atoms in total. The molecule has 0 aliphatic rings. The summed E-state index contributed by atoms with van der Waals surface area (Å²) in [5, 5.41) is 11.4. The van der Waals surface area contributed by atoms with Crippen LogP contribution in [0, 0.1) is 6.92 Å². The third kappa shape index (κ3) is 4.98. The van der Waals surface area contributed by atoms with Gasteiger partial charge in [0.05, 0.1) is 12.1 Å². The molecule has 0 saturated carbocycles. The molecular formula is C19H21N3OS2. The van der Waals surface area contributed by atoms with Crippen LogP contribution >= 0.6 is 22.7 Å². The number of nitrogens with one attached hydrogen (secondary N) is 2. The van der Waals surface area contributed by atoms with Crippen LogP contribution < -0.4 is 10.6 Å². The fourth-order valence-corrected chi connectivity index (χ4v) is 4.00. The number of anilines is 1. The van der Waals surface area contributed by atoms with E-state index in [1.54, 1.807) is 11.3 Å². The predicted octanol–water partition coefficient (Wildman–Crippen LogP) is 4.55. The Labute approximate surface area is 155 Å². The van der Waals surface area contributed by atoms with Gasteiger partial charge < -0.3 is 10.6 Å². The highest BCUT2D eigenvalue weighted by Crippen LogP contribution is 2.19. The number of aromatic nitrogens is 1. The summed E-state index contributed by atoms with van der Waals surface area (Å²) in [7, 11) is 0. The minimum atomic E-state index is -0.0323. The van der Waals surface area contributed by atoms with Gasteiger partial charge in [0.2, 0.25) is 5.91 Å². The van der Waals surface area contributed by atoms with Gasteiger partial charge in [-0.2, -0.15) is 0 Å². The van der Waals surface area contributed by atoms with Gasteiger partial charge in [-0.15, -0.1) is 22.7 Å². The van der Waals surface area contributed by atoms with Gasteiger partial charge in [0.15, 0.2) is 0 Å². The zero-order valence-corrected chi connectivity index (χ0v) is 15.9. The maximum atomic E-state index is 12.2. The first kappa shape index (κ1) is 17.8. The maximum absolute atomic E-state index is 12.2. The second kappa shape index (κ2) is 8.38. The average Bonchev–Trinajstić information content (AvgIpc) is 3.26. The molecule has 2 N–H and O–H groups in total. The number of hydrogen-bond acceptors (Lipinski definition) is 5. The van der Waals surface area contributed by atoms with Crippen molar-refractivity contribution in [3.8, 4) is 0 Å². The Bertz CT molecular complexity index is 827. The van der Waals surface area contributed by atoms with Crippen LogP contribution in [0.3, 0.4) is 0 Å². The molecule has 2 aromatic heterocycles. The third-order valence-electron chi connectivity index (χ3n) is 3.89. The van der Waals surface area contributed by atoms with Gasteiger partial charge in [0.25, 0.3) is 0 Å². The zero-order chi connectivity index (χ0) is 17.6. The van der Waals surface area contributed by atoms with Crippen molar-refractivity contribution in [2.45, 2.75) is 32.9 Å². The van der Waals surface area contributed by atoms with Crippen molar-refractivity contribution in [1.29, 1.82) is 0 Å². The van der Waals surface area contributed by atoms with E-state index in [1.165, 1.54) is 16.2 Å². The number of nitrogens with zero attached hydrogens (tertiary/aromatic N) is 1. The molecule has 130 valence electrons. The molecule has 0 spiro atoms. The fraction of sp³-hybridized carbons (Fsp3) is 0.263. The molecule has 1 amide bonds. The molecule has 0 unspecified atom stereocenters. The quantitative estimate of drug-likeness (QED) is 0.641. The number of hydrogen-bond donors (Lipinski definition) is 2. The smallest absolute Gasteiger partial charge is 0.231 e. The van der Waals surface area contributed by atoms with E-state index in [9.17, 15) is 4.79 Å². The van der Waals surface area contributed by atoms with Crippen LogP contribution in [-0.4, -0.2) is 10.9 Å². The fourth-order valence-electron chi connectivity index (χ4n) is 2.45. The highest BCUT2D eigenvalue weighted by atomic mass is 32.1. The largest absolute Gasteiger partial charge is 0.325 e. The van der Waals surface area contributed by atoms with Crippen LogP contribution in [0.5, 0.6) is 0 Å². The number of aryl methyl sites for hydroxylation is 1. The molecule has 0 saturated heterocycles. The molecule has 3 aromatic rings. The first-order valence-electron chi connectivity index (χ1n) is 8.17. The van der Waals surface area contributed by atoms with E-state index in [1.807, 2.05) is 36.6 Å². The SMILES string of the molecule is Cc1ccccc1NC(=O)Cc1nc(CN[C@@H](C)c2cccs2)cs1. The lowest BCUT2D eigenvalue weighted by molar-refractivity contribution is -0.115. The molecule has 2 heterocycles. The van der Waals surface area contributed by atoms with Crippen LogP contribution in [0.4, 0.5) is 5.69 Å². The lowest BCUT2D eigenvalue weighted by Crippen LogP contribution is -2.18. The van der Waals surface area contributed by atoms with E-state index in [-0.39, 0.29) is 5.91 Å². The Morgan fingerprint density at radius 1 is 1.20 bits per heavy atom. The molecule has 0 fully saturated rings. The van der Waals surface area contributed by atoms with Crippen LogP contribution in [0.15, 0.2) is 47.2 Å². The van der Waals surface area contributed by atoms with Crippen molar-refractivity contribution in [2.75, 3.05) is 5.32 Å². The van der Waals surface area contributed by atoms with Gasteiger partial charge in [-0.3, -0.25) is 4.79 Å². The van der Waals surface area contributed by atoms with E-state index in [2.05, 4.69) is 40.1 Å². The second-order valence-corrected chi connectivity index (χ2v) is 7.81. The first-order chi connectivity index (χ1) is 12.1. The summed E-state index contributed by atoms with van der Waals surface area (Å²) in [6.07, 6.45) is 0.305. The van der Waals surface area contributed by atoms with Gasteiger partial charge in [-0.05, 0) is 36.9 Å². The van der Waals surface area contributed by atoms with Crippen LogP contribution in [0.25, 0.3) is 0 Å². The van der Waals surface area contributed by atoms with Crippen molar-refractivity contribution in [1.82, 2.24) is 10.3 Å². The van der Waals surface area contributed by atoms with Crippen molar-refractivity contribution < 1.29 is 4.79 Å². The first-order valence-corrected chi connectivity index (χ1v) is 9.93. The molecule has 0 aliphatic heterocycles. The van der Waals surface area contributed by atoms with Crippen molar-refractivity contribution >= 4 is 34.3 Å². The Hall–Kier alpha value is -2.02. The number of benzene rings is 1. The summed E-state index contributed by atoms with van der Waals surface area (Å²) < 4.78 is 0. The van der Waals surface area contributed by atoms with Gasteiger partial charge >= 0.3 is 0 Å². The number of rotatable bonds is 7. The van der Waals surface area contributed by atoms with E-state index >= 15 is 0 Å². The minimum absolute atomic E-state index is 0.0323. The number of amides is 1. The molecule has 1 atom stereocenters. The van der Waals surface area contributed by atoms with E-state index < -0.39 is 0 Å². The predicted molar refractivity (Wildman–Crippen MR) is 105 cm³/mol. The van der Waals surface area contributed by atoms with Crippen molar-refractivity contribution in [2.24, 2.45) is 0 Å². The minimum Gasteiger partial charge on any atom is -0.325 e. The average molecular weight is 372 g/mol. The molecule has 0 aliphatic carbocycles. The summed E-state index contributed by atoms with van der Waals surface area (Å²) in [6.45, 7) is 4.83. The van der Waals surface area contributed by atoms with Crippen LogP contribution in [0.2, 0.25) is 0 Å². The summed E-state index contributed by atoms with van der Waals surface area (Å²) in [4.78, 5) is 18.1. The number of carbonyl (C=O) groups excluding carboxylic acids is 1. The van der Waals surface area contributed by atoms with Gasteiger partial charge in [-0.1, -0.05) is 24.3 Å². The standard InChI is InChI=1S/C19H21N3OS2/c1-13-6-3-4-7-16(13)22-18(23)10-19-21-15(12-25-19)11-20-14(2)17-8-5-9-24-17/h3-9,12,14,20H,10-11H2,1-2H3,(H,22,23)/t14-/m0/s1. The highest BCUT2D eigenvalue weighted by molar-refractivity contribution is 7.10. The maximum Gasteiger partial charge on any atom is 0.231 e. The van der Waals surface area contributed by atoms with Crippen molar-refractivity contribution in [3.63, 3.8) is 0 Å². The Kier molecular flexibility index (Phi) is 5.96. The molecule has 3 rings (SSSR count). The number of thiophene rings is 1. The Morgan fingerprint density at radius 2 is 2.04 bits per heavy atom. The molecule has 1 aromatic carbocycles. The van der Waals surface area contributed by atoms with Gasteiger partial charge in [0.1, 0.15) is 5.01 Å². The van der Waals surface area contributed by atoms with E-state index in [0.29, 0.717) is 19.0 Å². The molecule has 0 radical (unpaired) electrons. The molecule has 25 heavy (non-hydrogen) atoms. The van der Waals surface area contributed by atoms with Crippen LogP contribution in [0.1, 0.15) is 34.1 Å². The lowest BCUT2D eigenvalue weighted by atomic mass is 10.2. The Balaban J connectivity index is 1.51. The topological polar surface area (TPSA) is 54.0 Å². The summed E-state index contributed by atoms with van der Waals surface area (Å²) >= 11 is 3.28. The van der Waals surface area contributed by atoms with Gasteiger partial charge in [-0.25, -0.2) is 4.98 Å². The molecular weight excluding hydrogens is 350 g/mol. The third-order valence-corrected chi connectivity index (χ3v) is 5.84. The van der Waals surface area contributed by atoms with Gasteiger partial charge in [0, 0.05) is 28.5 Å². The summed E-state index contributed by atoms with van der Waals surface area (Å²) in [5.74, 6) is -0.0323. The van der Waals surface area contributed by atoms with Crippen LogP contribution in [-0.2, 0) is 17.8 Å². The molecule has 6 heteroatoms. The molecule has 0 bridgehead atoms. The van der Waals surface area contributed by atoms with Crippen molar-refractivity contribution in [3.05, 3.63) is 68.3 Å². The summed E-state index contributed by atoms with van der Waals surface area (Å²) in [5.41, 5.74) is 2.89. The van der Waals surface area contributed by atoms with E-state index in [4.69, 9.17) is 0 Å². The number of para-hydroxylation sites is 1. The number of thiazole rings is 1. The highest BCUT2D eigenvalue weighted by Gasteiger charge is 2.11. The monoisotopic (exact) mass is 371 g/mol. The van der Waals surface area contributed by atoms with E-state index in [0.717, 1.165) is 22.0 Å². The normalized spacial score (nSPS) is 12.1. The summed E-state index contributed by atoms with van der Waals surface area (Å²) in [6, 6.07) is 12.3. The second-order valence-electron chi connectivity index (χ2n) is 5.89. The lowest BCUT2D eigenvalue weighted by Gasteiger charge is -2.10. The zero-order valence-electron chi connectivity index (χ0n) is 14.3.